The third kappa shape index (κ3) is 5.00. The van der Waals surface area contributed by atoms with Crippen LogP contribution in [0.25, 0.3) is 55.8 Å². The summed E-state index contributed by atoms with van der Waals surface area (Å²) in [6.07, 6.45) is 15.3. The van der Waals surface area contributed by atoms with Gasteiger partial charge in [0.05, 0.1) is 5.41 Å². The molecule has 9 rings (SSSR count). The lowest BCUT2D eigenvalue weighted by Gasteiger charge is -2.38. The van der Waals surface area contributed by atoms with Gasteiger partial charge in [0.25, 0.3) is 0 Å². The molecule has 0 bridgehead atoms. The van der Waals surface area contributed by atoms with Gasteiger partial charge in [0.15, 0.2) is 0 Å². The maximum atomic E-state index is 3.72. The minimum atomic E-state index is -0.684. The molecule has 0 fully saturated rings. The topological polar surface area (TPSA) is 12.0 Å². The van der Waals surface area contributed by atoms with E-state index in [1.54, 1.807) is 0 Å². The van der Waals surface area contributed by atoms with E-state index in [1.165, 1.54) is 83.1 Å². The van der Waals surface area contributed by atoms with Crippen LogP contribution < -0.4 is 5.32 Å². The lowest BCUT2D eigenvalue weighted by atomic mass is 9.63. The van der Waals surface area contributed by atoms with E-state index >= 15 is 0 Å². The van der Waals surface area contributed by atoms with Crippen molar-refractivity contribution in [2.75, 3.05) is 5.32 Å². The summed E-state index contributed by atoms with van der Waals surface area (Å²) in [5.41, 5.74) is 16.5. The summed E-state index contributed by atoms with van der Waals surface area (Å²) in [6.45, 7) is 4.36. The molecule has 1 nitrogen and oxygen atoms in total. The van der Waals surface area contributed by atoms with Crippen LogP contribution in [0.2, 0.25) is 0 Å². The summed E-state index contributed by atoms with van der Waals surface area (Å²) in [4.78, 5) is 0. The summed E-state index contributed by atoms with van der Waals surface area (Å²) < 4.78 is 0. The number of allylic oxidation sites excluding steroid dienone is 6. The van der Waals surface area contributed by atoms with Crippen LogP contribution in [-0.2, 0) is 5.41 Å². The second-order valence-corrected chi connectivity index (χ2v) is 13.7. The predicted octanol–water partition coefficient (Wildman–Crippen LogP) is 13.4. The van der Waals surface area contributed by atoms with Crippen LogP contribution in [0, 0.1) is 6.92 Å². The Balaban J connectivity index is 1.48. The van der Waals surface area contributed by atoms with Crippen LogP contribution in [-0.4, -0.2) is 0 Å². The van der Waals surface area contributed by atoms with Gasteiger partial charge in [0.2, 0.25) is 0 Å². The smallest absolute Gasteiger partial charge is 0.0740 e. The van der Waals surface area contributed by atoms with E-state index in [0.717, 1.165) is 5.69 Å². The fourth-order valence-electron chi connectivity index (χ4n) is 8.58. The number of hydrogen-bond donors (Lipinski definition) is 1. The van der Waals surface area contributed by atoms with Crippen molar-refractivity contribution in [3.05, 3.63) is 222 Å². The molecule has 1 aliphatic heterocycles. The van der Waals surface area contributed by atoms with Gasteiger partial charge >= 0.3 is 0 Å². The molecule has 1 heterocycles. The zero-order chi connectivity index (χ0) is 35.1. The number of hydrogen-bond acceptors (Lipinski definition) is 1. The Morgan fingerprint density at radius 3 is 1.75 bits per heavy atom. The highest BCUT2D eigenvalue weighted by Gasteiger charge is 2.49. The molecule has 1 N–H and O–H groups in total. The Kier molecular flexibility index (Phi) is 7.90. The van der Waals surface area contributed by atoms with Gasteiger partial charge in [-0.15, -0.1) is 0 Å². The Labute approximate surface area is 306 Å². The summed E-state index contributed by atoms with van der Waals surface area (Å²) in [5, 5.41) is 6.22. The maximum absolute atomic E-state index is 3.72. The fraction of sp³-hybridized carbons (Fsp3) is 0.0588. The molecule has 0 unspecified atom stereocenters. The van der Waals surface area contributed by atoms with Gasteiger partial charge in [0, 0.05) is 11.9 Å². The van der Waals surface area contributed by atoms with Crippen LogP contribution in [0.4, 0.5) is 5.69 Å². The maximum Gasteiger partial charge on any atom is 0.0740 e. The molecule has 0 aromatic heterocycles. The van der Waals surface area contributed by atoms with Crippen LogP contribution >= 0.6 is 0 Å². The van der Waals surface area contributed by atoms with Crippen LogP contribution in [0.15, 0.2) is 188 Å². The zero-order valence-corrected chi connectivity index (χ0v) is 29.5. The lowest BCUT2D eigenvalue weighted by molar-refractivity contribution is 0.831. The second kappa shape index (κ2) is 13.0. The van der Waals surface area contributed by atoms with Gasteiger partial charge in [-0.05, 0) is 121 Å². The van der Waals surface area contributed by atoms with Gasteiger partial charge in [-0.3, -0.25) is 0 Å². The molecule has 7 aromatic rings. The third-order valence-corrected chi connectivity index (χ3v) is 10.8. The van der Waals surface area contributed by atoms with E-state index in [9.17, 15) is 0 Å². The molecule has 0 saturated heterocycles. The van der Waals surface area contributed by atoms with Crippen molar-refractivity contribution in [3.63, 3.8) is 0 Å². The summed E-state index contributed by atoms with van der Waals surface area (Å²) >= 11 is 0. The molecule has 0 saturated carbocycles. The highest BCUT2D eigenvalue weighted by Crippen LogP contribution is 2.62. The SMILES string of the molecule is C/C=C\c1c(C)cc(\C2=C/C=C\C=C\Nc3ccccc3C23c2cc(-c4ccccc4)ccc2-c2ccc(-c4ccccc4)cc23)c2ccccc12. The number of anilines is 1. The molecule has 248 valence electrons. The minimum absolute atomic E-state index is 0.684. The molecule has 0 atom stereocenters. The standard InChI is InChI=1S/C51H39N/c1-3-17-40-35(2)32-45(42-23-13-12-22-41(40)42)46-24-11-6-16-31-52-50-26-15-14-25-47(50)51(46)48-33-38(36-18-7-4-8-19-36)27-29-43(48)44-30-28-39(34-49(44)51)37-20-9-5-10-21-37/h3-34,52H,1-2H3/b11-6-,17-3-,31-16+,46-24+. The molecule has 1 aliphatic carbocycles. The summed E-state index contributed by atoms with van der Waals surface area (Å²) in [6, 6.07) is 56.1. The van der Waals surface area contributed by atoms with E-state index in [2.05, 4.69) is 207 Å². The first-order chi connectivity index (χ1) is 25.7. The molecule has 2 aliphatic rings. The van der Waals surface area contributed by atoms with Crippen molar-refractivity contribution in [2.24, 2.45) is 0 Å². The van der Waals surface area contributed by atoms with Gasteiger partial charge < -0.3 is 5.32 Å². The highest BCUT2D eigenvalue weighted by atomic mass is 14.8. The van der Waals surface area contributed by atoms with Gasteiger partial charge in [-0.1, -0.05) is 164 Å². The van der Waals surface area contributed by atoms with Gasteiger partial charge in [0.1, 0.15) is 0 Å². The Morgan fingerprint density at radius 2 is 1.10 bits per heavy atom. The molecule has 0 radical (unpaired) electrons. The van der Waals surface area contributed by atoms with Crippen molar-refractivity contribution in [1.29, 1.82) is 0 Å². The first kappa shape index (κ1) is 31.5. The van der Waals surface area contributed by atoms with E-state index < -0.39 is 5.41 Å². The third-order valence-electron chi connectivity index (χ3n) is 10.8. The Hall–Kier alpha value is -6.44. The largest absolute Gasteiger partial charge is 0.361 e. The average molecular weight is 666 g/mol. The first-order valence-corrected chi connectivity index (χ1v) is 18.1. The van der Waals surface area contributed by atoms with E-state index in [0.29, 0.717) is 0 Å². The van der Waals surface area contributed by atoms with Crippen LogP contribution in [0.1, 0.15) is 40.3 Å². The fourth-order valence-corrected chi connectivity index (χ4v) is 8.58. The molecule has 52 heavy (non-hydrogen) atoms. The first-order valence-electron chi connectivity index (χ1n) is 18.1. The molecule has 7 aromatic carbocycles. The molecule has 1 spiro atoms. The molecule has 1 heteroatoms. The van der Waals surface area contributed by atoms with Crippen molar-refractivity contribution >= 4 is 28.1 Å². The number of aryl methyl sites for hydroxylation is 1. The lowest BCUT2D eigenvalue weighted by Crippen LogP contribution is -2.30. The quantitative estimate of drug-likeness (QED) is 0.197. The number of fused-ring (bicyclic) bond motifs is 8. The average Bonchev–Trinajstić information content (AvgIpc) is 3.49. The number of rotatable bonds is 4. The normalized spacial score (nSPS) is 16.4. The van der Waals surface area contributed by atoms with Crippen molar-refractivity contribution in [3.8, 4) is 33.4 Å². The van der Waals surface area contributed by atoms with Crippen LogP contribution in [0.3, 0.4) is 0 Å². The second-order valence-electron chi connectivity index (χ2n) is 13.7. The summed E-state index contributed by atoms with van der Waals surface area (Å²) in [7, 11) is 0. The van der Waals surface area contributed by atoms with Crippen LogP contribution in [0.5, 0.6) is 0 Å². The molecular weight excluding hydrogens is 627 g/mol. The molecular formula is C51H39N. The predicted molar refractivity (Wildman–Crippen MR) is 222 cm³/mol. The number of nitrogens with one attached hydrogen (secondary N) is 1. The monoisotopic (exact) mass is 665 g/mol. The number of para-hydroxylation sites is 1. The molecule has 0 amide bonds. The van der Waals surface area contributed by atoms with Gasteiger partial charge in [-0.2, -0.15) is 0 Å². The highest BCUT2D eigenvalue weighted by molar-refractivity contribution is 6.06. The minimum Gasteiger partial charge on any atom is -0.361 e. The van der Waals surface area contributed by atoms with Crippen molar-refractivity contribution < 1.29 is 0 Å². The number of benzene rings is 7. The summed E-state index contributed by atoms with van der Waals surface area (Å²) in [5.74, 6) is 0. The Bertz CT molecular complexity index is 2510. The van der Waals surface area contributed by atoms with Crippen molar-refractivity contribution in [2.45, 2.75) is 19.3 Å². The van der Waals surface area contributed by atoms with E-state index in [4.69, 9.17) is 0 Å². The van der Waals surface area contributed by atoms with E-state index in [1.807, 2.05) is 6.20 Å². The van der Waals surface area contributed by atoms with Gasteiger partial charge in [-0.25, -0.2) is 0 Å². The van der Waals surface area contributed by atoms with E-state index in [-0.39, 0.29) is 0 Å². The Morgan fingerprint density at radius 1 is 0.500 bits per heavy atom. The zero-order valence-electron chi connectivity index (χ0n) is 29.5. The van der Waals surface area contributed by atoms with Crippen molar-refractivity contribution in [1.82, 2.24) is 0 Å².